The third-order valence-corrected chi connectivity index (χ3v) is 3.93. The number of carboxylic acid groups (broad SMARTS) is 1. The van der Waals surface area contributed by atoms with Gasteiger partial charge in [-0.15, -0.1) is 0 Å². The number of hydrogen-bond acceptors (Lipinski definition) is 3. The fourth-order valence-electron chi connectivity index (χ4n) is 2.52. The van der Waals surface area contributed by atoms with Crippen LogP contribution in [0, 0.1) is 12.8 Å². The van der Waals surface area contributed by atoms with Gasteiger partial charge in [-0.2, -0.15) is 0 Å². The summed E-state index contributed by atoms with van der Waals surface area (Å²) in [7, 11) is 0. The molecule has 0 atom stereocenters. The van der Waals surface area contributed by atoms with Crippen LogP contribution in [-0.2, 0) is 4.79 Å². The van der Waals surface area contributed by atoms with Gasteiger partial charge in [0.2, 0.25) is 0 Å². The van der Waals surface area contributed by atoms with Gasteiger partial charge < -0.3 is 10.4 Å². The van der Waals surface area contributed by atoms with Crippen molar-refractivity contribution in [3.05, 3.63) is 24.0 Å². The topological polar surface area (TPSA) is 62.2 Å². The van der Waals surface area contributed by atoms with E-state index in [1.165, 1.54) is 0 Å². The van der Waals surface area contributed by atoms with E-state index in [0.717, 1.165) is 24.1 Å². The molecular weight excluding hydrogens is 228 g/mol. The van der Waals surface area contributed by atoms with Crippen LogP contribution < -0.4 is 5.32 Å². The summed E-state index contributed by atoms with van der Waals surface area (Å²) in [5, 5.41) is 12.8. The zero-order chi connectivity index (χ0) is 13.2. The van der Waals surface area contributed by atoms with Gasteiger partial charge in [-0.05, 0) is 50.2 Å². The lowest BCUT2D eigenvalue weighted by Crippen LogP contribution is -2.49. The van der Waals surface area contributed by atoms with Gasteiger partial charge in [0.1, 0.15) is 5.54 Å². The molecule has 1 heterocycles. The minimum Gasteiger partial charge on any atom is -0.480 e. The molecule has 0 saturated heterocycles. The van der Waals surface area contributed by atoms with E-state index in [1.807, 2.05) is 13.0 Å². The van der Waals surface area contributed by atoms with Gasteiger partial charge in [0, 0.05) is 18.1 Å². The van der Waals surface area contributed by atoms with Crippen LogP contribution in [0.1, 0.15) is 38.2 Å². The highest BCUT2D eigenvalue weighted by Crippen LogP contribution is 2.35. The number of nitrogens with zero attached hydrogens (tertiary/aromatic N) is 1. The van der Waals surface area contributed by atoms with E-state index in [4.69, 9.17) is 0 Å². The molecule has 0 aromatic carbocycles. The molecule has 0 unspecified atom stereocenters. The Kier molecular flexibility index (Phi) is 3.55. The van der Waals surface area contributed by atoms with Gasteiger partial charge in [-0.1, -0.05) is 6.92 Å². The molecular formula is C14H20N2O2. The summed E-state index contributed by atoms with van der Waals surface area (Å²) in [5.41, 5.74) is 1.05. The van der Waals surface area contributed by atoms with Crippen molar-refractivity contribution in [2.75, 3.05) is 5.32 Å². The lowest BCUT2D eigenvalue weighted by atomic mass is 9.77. The Labute approximate surface area is 107 Å². The van der Waals surface area contributed by atoms with Crippen molar-refractivity contribution < 1.29 is 9.90 Å². The summed E-state index contributed by atoms with van der Waals surface area (Å²) in [6.45, 7) is 4.12. The van der Waals surface area contributed by atoms with Crippen molar-refractivity contribution in [1.82, 2.24) is 4.98 Å². The Morgan fingerprint density at radius 2 is 2.17 bits per heavy atom. The fourth-order valence-corrected chi connectivity index (χ4v) is 2.52. The Balaban J connectivity index is 2.22. The Bertz CT molecular complexity index is 437. The molecule has 18 heavy (non-hydrogen) atoms. The van der Waals surface area contributed by atoms with Crippen LogP contribution in [0.3, 0.4) is 0 Å². The number of nitrogens with one attached hydrogen (secondary N) is 1. The van der Waals surface area contributed by atoms with Gasteiger partial charge in [0.15, 0.2) is 0 Å². The van der Waals surface area contributed by atoms with Crippen molar-refractivity contribution >= 4 is 11.7 Å². The first-order valence-electron chi connectivity index (χ1n) is 6.46. The molecule has 2 rings (SSSR count). The van der Waals surface area contributed by atoms with Crippen molar-refractivity contribution in [2.45, 2.75) is 45.1 Å². The van der Waals surface area contributed by atoms with Gasteiger partial charge in [0.05, 0.1) is 0 Å². The average molecular weight is 248 g/mol. The van der Waals surface area contributed by atoms with Gasteiger partial charge in [-0.25, -0.2) is 4.79 Å². The number of carbonyl (C=O) groups is 1. The van der Waals surface area contributed by atoms with E-state index in [0.29, 0.717) is 18.8 Å². The molecule has 0 radical (unpaired) electrons. The van der Waals surface area contributed by atoms with E-state index in [1.54, 1.807) is 12.4 Å². The van der Waals surface area contributed by atoms with E-state index >= 15 is 0 Å². The van der Waals surface area contributed by atoms with E-state index in [2.05, 4.69) is 17.2 Å². The molecule has 0 spiro atoms. The maximum atomic E-state index is 11.6. The number of aromatic nitrogens is 1. The Morgan fingerprint density at radius 1 is 1.50 bits per heavy atom. The number of pyridine rings is 1. The smallest absolute Gasteiger partial charge is 0.329 e. The molecule has 0 bridgehead atoms. The monoisotopic (exact) mass is 248 g/mol. The van der Waals surface area contributed by atoms with Crippen molar-refractivity contribution in [3.8, 4) is 0 Å². The zero-order valence-corrected chi connectivity index (χ0v) is 10.9. The largest absolute Gasteiger partial charge is 0.480 e. The summed E-state index contributed by atoms with van der Waals surface area (Å²) in [6, 6.07) is 1.85. The molecule has 1 saturated carbocycles. The molecule has 1 aromatic heterocycles. The molecule has 4 nitrogen and oxygen atoms in total. The third-order valence-electron chi connectivity index (χ3n) is 3.93. The quantitative estimate of drug-likeness (QED) is 0.863. The minimum absolute atomic E-state index is 0.623. The van der Waals surface area contributed by atoms with E-state index in [9.17, 15) is 9.90 Å². The number of aryl methyl sites for hydroxylation is 1. The van der Waals surface area contributed by atoms with Crippen LogP contribution in [0.25, 0.3) is 0 Å². The first-order chi connectivity index (χ1) is 8.53. The van der Waals surface area contributed by atoms with Gasteiger partial charge in [0.25, 0.3) is 0 Å². The van der Waals surface area contributed by atoms with Crippen LogP contribution in [0.15, 0.2) is 18.5 Å². The van der Waals surface area contributed by atoms with Crippen LogP contribution in [0.4, 0.5) is 5.69 Å². The highest BCUT2D eigenvalue weighted by Gasteiger charge is 2.41. The SMILES string of the molecule is Cc1cnccc1NC1(C(=O)O)CCC(C)CC1. The van der Waals surface area contributed by atoms with Crippen molar-refractivity contribution in [1.29, 1.82) is 0 Å². The molecule has 1 fully saturated rings. The predicted molar refractivity (Wildman–Crippen MR) is 70.6 cm³/mol. The first-order valence-corrected chi connectivity index (χ1v) is 6.46. The standard InChI is InChI=1S/C14H20N2O2/c1-10-3-6-14(7-4-10,13(17)18)16-12-5-8-15-9-11(12)2/h5,8-10H,3-4,6-7H2,1-2H3,(H,15,16)(H,17,18). The number of hydrogen-bond donors (Lipinski definition) is 2. The van der Waals surface area contributed by atoms with Crippen LogP contribution in [0.5, 0.6) is 0 Å². The molecule has 1 aromatic rings. The van der Waals surface area contributed by atoms with Crippen LogP contribution >= 0.6 is 0 Å². The summed E-state index contributed by atoms with van der Waals surface area (Å²) >= 11 is 0. The fraction of sp³-hybridized carbons (Fsp3) is 0.571. The van der Waals surface area contributed by atoms with Crippen molar-refractivity contribution in [2.24, 2.45) is 5.92 Å². The summed E-state index contributed by atoms with van der Waals surface area (Å²) in [6.07, 6.45) is 6.74. The second-order valence-electron chi connectivity index (χ2n) is 5.39. The van der Waals surface area contributed by atoms with Gasteiger partial charge in [-0.3, -0.25) is 4.98 Å². The van der Waals surface area contributed by atoms with Crippen LogP contribution in [0.2, 0.25) is 0 Å². The first kappa shape index (κ1) is 12.9. The molecule has 4 heteroatoms. The van der Waals surface area contributed by atoms with Gasteiger partial charge >= 0.3 is 5.97 Å². The second kappa shape index (κ2) is 4.96. The molecule has 1 aliphatic rings. The highest BCUT2D eigenvalue weighted by atomic mass is 16.4. The number of carboxylic acids is 1. The van der Waals surface area contributed by atoms with E-state index < -0.39 is 11.5 Å². The number of rotatable bonds is 3. The van der Waals surface area contributed by atoms with Crippen LogP contribution in [-0.4, -0.2) is 21.6 Å². The minimum atomic E-state index is -0.807. The Morgan fingerprint density at radius 3 is 2.72 bits per heavy atom. The molecule has 98 valence electrons. The normalized spacial score (nSPS) is 27.8. The maximum absolute atomic E-state index is 11.6. The summed E-state index contributed by atoms with van der Waals surface area (Å²) < 4.78 is 0. The number of anilines is 1. The molecule has 0 aliphatic heterocycles. The summed E-state index contributed by atoms with van der Waals surface area (Å²) in [4.78, 5) is 15.7. The third kappa shape index (κ3) is 2.47. The average Bonchev–Trinajstić information content (AvgIpc) is 2.35. The molecule has 2 N–H and O–H groups in total. The maximum Gasteiger partial charge on any atom is 0.329 e. The lowest BCUT2D eigenvalue weighted by Gasteiger charge is -2.37. The summed E-state index contributed by atoms with van der Waals surface area (Å²) in [5.74, 6) is -0.122. The number of aliphatic carboxylic acids is 1. The molecule has 1 aliphatic carbocycles. The zero-order valence-electron chi connectivity index (χ0n) is 10.9. The van der Waals surface area contributed by atoms with Crippen molar-refractivity contribution in [3.63, 3.8) is 0 Å². The molecule has 0 amide bonds. The predicted octanol–water partition coefficient (Wildman–Crippen LogP) is 2.84. The lowest BCUT2D eigenvalue weighted by molar-refractivity contribution is -0.143. The second-order valence-corrected chi connectivity index (χ2v) is 5.39. The Hall–Kier alpha value is -1.58. The van der Waals surface area contributed by atoms with E-state index in [-0.39, 0.29) is 0 Å². The highest BCUT2D eigenvalue weighted by molar-refractivity contribution is 5.83.